The van der Waals surface area contributed by atoms with Gasteiger partial charge in [-0.25, -0.2) is 0 Å². The number of para-hydroxylation sites is 1. The monoisotopic (exact) mass is 264 g/mol. The summed E-state index contributed by atoms with van der Waals surface area (Å²) in [6.07, 6.45) is 2.48. The van der Waals surface area contributed by atoms with Gasteiger partial charge in [-0.1, -0.05) is 53.6 Å². The fraction of sp³-hybridized carbons (Fsp3) is 0.263. The van der Waals surface area contributed by atoms with Gasteiger partial charge in [0.1, 0.15) is 5.75 Å². The minimum Gasteiger partial charge on any atom is -0.495 e. The van der Waals surface area contributed by atoms with Gasteiger partial charge in [-0.05, 0) is 37.8 Å². The van der Waals surface area contributed by atoms with E-state index >= 15 is 0 Å². The van der Waals surface area contributed by atoms with E-state index in [0.29, 0.717) is 0 Å². The van der Waals surface area contributed by atoms with E-state index in [1.54, 1.807) is 12.7 Å². The van der Waals surface area contributed by atoms with Crippen molar-refractivity contribution in [2.75, 3.05) is 7.11 Å². The maximum atomic E-state index is 5.73. The molecular formula is C19H20O. The number of methoxy groups -OCH3 is 1. The standard InChI is InChI=1S/C19H20O/c1-13-7-9-16(10-8-13)18-6-4-5-17(19(18)20-3)14(2)15-11-12-15/h4-10H,11-12H2,1-3H3. The minimum absolute atomic E-state index is 0.994. The molecule has 0 radical (unpaired) electrons. The van der Waals surface area contributed by atoms with Crippen LogP contribution in [-0.4, -0.2) is 7.11 Å². The molecule has 0 unspecified atom stereocenters. The molecule has 0 aliphatic heterocycles. The van der Waals surface area contributed by atoms with Gasteiger partial charge in [0.2, 0.25) is 0 Å². The first-order valence-corrected chi connectivity index (χ1v) is 7.13. The van der Waals surface area contributed by atoms with Crippen molar-refractivity contribution in [3.63, 3.8) is 0 Å². The molecule has 0 heterocycles. The molecule has 20 heavy (non-hydrogen) atoms. The molecule has 1 nitrogen and oxygen atoms in total. The van der Waals surface area contributed by atoms with Gasteiger partial charge in [-0.3, -0.25) is 0 Å². The van der Waals surface area contributed by atoms with Crippen molar-refractivity contribution < 1.29 is 4.74 Å². The molecule has 1 saturated carbocycles. The molecule has 2 aromatic rings. The summed E-state index contributed by atoms with van der Waals surface area (Å²) in [6, 6.07) is 15.0. The highest BCUT2D eigenvalue weighted by Crippen LogP contribution is 2.42. The molecule has 0 amide bonds. The number of benzene rings is 2. The first-order valence-electron chi connectivity index (χ1n) is 7.13. The van der Waals surface area contributed by atoms with Crippen LogP contribution >= 0.6 is 0 Å². The van der Waals surface area contributed by atoms with Crippen LogP contribution in [0, 0.1) is 6.92 Å². The molecule has 0 spiro atoms. The van der Waals surface area contributed by atoms with E-state index in [2.05, 4.69) is 56.3 Å². The van der Waals surface area contributed by atoms with E-state index in [1.165, 1.54) is 40.7 Å². The number of hydrogen-bond acceptors (Lipinski definition) is 1. The average molecular weight is 264 g/mol. The lowest BCUT2D eigenvalue weighted by atomic mass is 9.97. The van der Waals surface area contributed by atoms with E-state index in [-0.39, 0.29) is 0 Å². The van der Waals surface area contributed by atoms with E-state index < -0.39 is 0 Å². The summed E-state index contributed by atoms with van der Waals surface area (Å²) >= 11 is 0. The van der Waals surface area contributed by atoms with Crippen LogP contribution < -0.4 is 4.74 Å². The third kappa shape index (κ3) is 2.36. The summed E-state index contributed by atoms with van der Waals surface area (Å²) in [5.41, 5.74) is 7.84. The van der Waals surface area contributed by atoms with Crippen molar-refractivity contribution >= 4 is 5.57 Å². The van der Waals surface area contributed by atoms with E-state index in [9.17, 15) is 0 Å². The van der Waals surface area contributed by atoms with E-state index in [0.717, 1.165) is 5.75 Å². The van der Waals surface area contributed by atoms with E-state index in [1.807, 2.05) is 0 Å². The summed E-state index contributed by atoms with van der Waals surface area (Å²) in [6.45, 7) is 4.32. The Kier molecular flexibility index (Phi) is 3.35. The van der Waals surface area contributed by atoms with Gasteiger partial charge in [0.15, 0.2) is 0 Å². The highest BCUT2D eigenvalue weighted by atomic mass is 16.5. The topological polar surface area (TPSA) is 9.23 Å². The molecule has 2 aromatic carbocycles. The number of rotatable bonds is 3. The van der Waals surface area contributed by atoms with Gasteiger partial charge >= 0.3 is 0 Å². The molecule has 1 heteroatoms. The summed E-state index contributed by atoms with van der Waals surface area (Å²) in [7, 11) is 1.77. The van der Waals surface area contributed by atoms with Crippen molar-refractivity contribution in [2.24, 2.45) is 0 Å². The lowest BCUT2D eigenvalue weighted by molar-refractivity contribution is 0.415. The SMILES string of the molecule is COc1c(C(C)=C2CC2)cccc1-c1ccc(C)cc1. The molecule has 0 saturated heterocycles. The average Bonchev–Trinajstić information content (AvgIpc) is 3.31. The van der Waals surface area contributed by atoms with Crippen LogP contribution in [0.25, 0.3) is 16.7 Å². The predicted molar refractivity (Wildman–Crippen MR) is 85.0 cm³/mol. The zero-order chi connectivity index (χ0) is 14.1. The number of allylic oxidation sites excluding steroid dienone is 2. The van der Waals surface area contributed by atoms with Gasteiger partial charge in [0.05, 0.1) is 7.11 Å². The lowest BCUT2D eigenvalue weighted by Gasteiger charge is -2.14. The lowest BCUT2D eigenvalue weighted by Crippen LogP contribution is -1.93. The summed E-state index contributed by atoms with van der Waals surface area (Å²) < 4.78 is 5.73. The second-order valence-corrected chi connectivity index (χ2v) is 5.48. The fourth-order valence-electron chi connectivity index (χ4n) is 2.64. The summed E-state index contributed by atoms with van der Waals surface area (Å²) in [5.74, 6) is 0.994. The Morgan fingerprint density at radius 2 is 1.70 bits per heavy atom. The van der Waals surface area contributed by atoms with Crippen molar-refractivity contribution in [1.82, 2.24) is 0 Å². The van der Waals surface area contributed by atoms with Gasteiger partial charge in [-0.15, -0.1) is 0 Å². The Morgan fingerprint density at radius 3 is 2.30 bits per heavy atom. The fourth-order valence-corrected chi connectivity index (χ4v) is 2.64. The van der Waals surface area contributed by atoms with Gasteiger partial charge < -0.3 is 4.74 Å². The third-order valence-corrected chi connectivity index (χ3v) is 4.02. The highest BCUT2D eigenvalue weighted by Gasteiger charge is 2.19. The normalized spacial score (nSPS) is 13.2. The smallest absolute Gasteiger partial charge is 0.134 e. The maximum absolute atomic E-state index is 5.73. The first kappa shape index (κ1) is 13.0. The number of aryl methyl sites for hydroxylation is 1. The summed E-state index contributed by atoms with van der Waals surface area (Å²) in [5, 5.41) is 0. The second kappa shape index (κ2) is 5.16. The molecule has 1 fully saturated rings. The van der Waals surface area contributed by atoms with Crippen molar-refractivity contribution in [3.05, 3.63) is 59.2 Å². The van der Waals surface area contributed by atoms with E-state index in [4.69, 9.17) is 4.74 Å². The van der Waals surface area contributed by atoms with Crippen molar-refractivity contribution in [2.45, 2.75) is 26.7 Å². The predicted octanol–water partition coefficient (Wildman–Crippen LogP) is 5.24. The Labute approximate surface area is 120 Å². The maximum Gasteiger partial charge on any atom is 0.134 e. The quantitative estimate of drug-likeness (QED) is 0.736. The molecule has 1 aliphatic carbocycles. The minimum atomic E-state index is 0.994. The van der Waals surface area contributed by atoms with Gasteiger partial charge in [0, 0.05) is 11.1 Å². The van der Waals surface area contributed by atoms with Crippen LogP contribution in [0.1, 0.15) is 30.9 Å². The Balaban J connectivity index is 2.14. The van der Waals surface area contributed by atoms with Gasteiger partial charge in [0.25, 0.3) is 0 Å². The zero-order valence-corrected chi connectivity index (χ0v) is 12.4. The Morgan fingerprint density at radius 1 is 1.00 bits per heavy atom. The van der Waals surface area contributed by atoms with Gasteiger partial charge in [-0.2, -0.15) is 0 Å². The molecule has 102 valence electrons. The van der Waals surface area contributed by atoms with Crippen LogP contribution in [0.3, 0.4) is 0 Å². The first-order chi connectivity index (χ1) is 9.70. The molecular weight excluding hydrogens is 244 g/mol. The summed E-state index contributed by atoms with van der Waals surface area (Å²) in [4.78, 5) is 0. The van der Waals surface area contributed by atoms with Crippen LogP contribution in [0.5, 0.6) is 5.75 Å². The molecule has 3 rings (SSSR count). The number of ether oxygens (including phenoxy) is 1. The molecule has 0 N–H and O–H groups in total. The highest BCUT2D eigenvalue weighted by molar-refractivity contribution is 5.82. The molecule has 0 bridgehead atoms. The Bertz CT molecular complexity index is 657. The number of hydrogen-bond donors (Lipinski definition) is 0. The van der Waals surface area contributed by atoms with Crippen LogP contribution in [-0.2, 0) is 0 Å². The van der Waals surface area contributed by atoms with Crippen molar-refractivity contribution in [1.29, 1.82) is 0 Å². The van der Waals surface area contributed by atoms with Crippen molar-refractivity contribution in [3.8, 4) is 16.9 Å². The zero-order valence-electron chi connectivity index (χ0n) is 12.4. The third-order valence-electron chi connectivity index (χ3n) is 4.02. The molecule has 1 aliphatic rings. The Hall–Kier alpha value is -2.02. The van der Waals surface area contributed by atoms with Crippen LogP contribution in [0.15, 0.2) is 48.0 Å². The molecule has 0 atom stereocenters. The molecule has 0 aromatic heterocycles. The largest absolute Gasteiger partial charge is 0.495 e. The van der Waals surface area contributed by atoms with Crippen LogP contribution in [0.2, 0.25) is 0 Å². The van der Waals surface area contributed by atoms with Crippen LogP contribution in [0.4, 0.5) is 0 Å². The second-order valence-electron chi connectivity index (χ2n) is 5.48.